The van der Waals surface area contributed by atoms with Crippen LogP contribution in [0.25, 0.3) is 0 Å². The minimum absolute atomic E-state index is 0.593. The van der Waals surface area contributed by atoms with Crippen molar-refractivity contribution in [3.05, 3.63) is 0 Å². The van der Waals surface area contributed by atoms with E-state index in [4.69, 9.17) is 4.74 Å². The van der Waals surface area contributed by atoms with Crippen LogP contribution in [0.3, 0.4) is 0 Å². The molecule has 18 heavy (non-hydrogen) atoms. The highest BCUT2D eigenvalue weighted by molar-refractivity contribution is 4.81. The number of ether oxygens (including phenoxy) is 1. The molecule has 2 rings (SSSR count). The molecule has 0 aliphatic heterocycles. The Morgan fingerprint density at radius 2 is 1.39 bits per heavy atom. The van der Waals surface area contributed by atoms with Gasteiger partial charge in [0.05, 0.1) is 6.10 Å². The van der Waals surface area contributed by atoms with Gasteiger partial charge in [0, 0.05) is 6.61 Å². The summed E-state index contributed by atoms with van der Waals surface area (Å²) >= 11 is 0. The van der Waals surface area contributed by atoms with Gasteiger partial charge in [-0.05, 0) is 62.7 Å². The van der Waals surface area contributed by atoms with Gasteiger partial charge in [-0.1, -0.05) is 33.1 Å². The molecule has 0 amide bonds. The van der Waals surface area contributed by atoms with Crippen molar-refractivity contribution in [2.45, 2.75) is 84.2 Å². The molecule has 0 N–H and O–H groups in total. The van der Waals surface area contributed by atoms with Crippen molar-refractivity contribution < 1.29 is 4.74 Å². The van der Waals surface area contributed by atoms with Crippen LogP contribution in [0, 0.1) is 17.8 Å². The molecule has 0 spiro atoms. The largest absolute Gasteiger partial charge is 0.378 e. The monoisotopic (exact) mass is 252 g/mol. The van der Waals surface area contributed by atoms with E-state index in [0.29, 0.717) is 6.10 Å². The van der Waals surface area contributed by atoms with Crippen molar-refractivity contribution in [1.82, 2.24) is 0 Å². The molecule has 0 aromatic carbocycles. The Kier molecular flexibility index (Phi) is 6.01. The van der Waals surface area contributed by atoms with E-state index in [9.17, 15) is 0 Å². The molecule has 0 unspecified atom stereocenters. The summed E-state index contributed by atoms with van der Waals surface area (Å²) in [6.45, 7) is 5.66. The second-order valence-electron chi connectivity index (χ2n) is 6.78. The van der Waals surface area contributed by atoms with Crippen LogP contribution < -0.4 is 0 Å². The van der Waals surface area contributed by atoms with Crippen molar-refractivity contribution in [1.29, 1.82) is 0 Å². The Bertz CT molecular complexity index is 210. The minimum atomic E-state index is 0.593. The molecule has 1 heteroatoms. The van der Waals surface area contributed by atoms with Gasteiger partial charge in [-0.25, -0.2) is 0 Å². The summed E-state index contributed by atoms with van der Waals surface area (Å²) in [7, 11) is 0. The van der Waals surface area contributed by atoms with Crippen LogP contribution in [0.15, 0.2) is 0 Å². The van der Waals surface area contributed by atoms with E-state index in [2.05, 4.69) is 13.8 Å². The van der Waals surface area contributed by atoms with Crippen LogP contribution >= 0.6 is 0 Å². The maximum absolute atomic E-state index is 5.98. The van der Waals surface area contributed by atoms with Crippen molar-refractivity contribution in [2.24, 2.45) is 17.8 Å². The third kappa shape index (κ3) is 4.26. The second kappa shape index (κ2) is 7.53. The van der Waals surface area contributed by atoms with E-state index in [0.717, 1.165) is 24.4 Å². The standard InChI is InChI=1S/C17H32O/c1-3-4-13-18-17-11-9-16(10-12-17)15-7-5-14(2)6-8-15/h14-17H,3-13H2,1-2H3/t14-,15-,16-,17-. The Hall–Kier alpha value is -0.0400. The van der Waals surface area contributed by atoms with Gasteiger partial charge in [0.15, 0.2) is 0 Å². The van der Waals surface area contributed by atoms with Crippen molar-refractivity contribution in [3.63, 3.8) is 0 Å². The first kappa shape index (κ1) is 14.4. The first-order chi connectivity index (χ1) is 8.79. The zero-order valence-corrected chi connectivity index (χ0v) is 12.5. The van der Waals surface area contributed by atoms with E-state index in [1.54, 1.807) is 0 Å². The fourth-order valence-electron chi connectivity index (χ4n) is 3.88. The van der Waals surface area contributed by atoms with Gasteiger partial charge in [0.25, 0.3) is 0 Å². The van der Waals surface area contributed by atoms with Crippen molar-refractivity contribution >= 4 is 0 Å². The third-order valence-corrected chi connectivity index (χ3v) is 5.30. The predicted octanol–water partition coefficient (Wildman–Crippen LogP) is 5.19. The average Bonchev–Trinajstić information content (AvgIpc) is 2.41. The zero-order valence-electron chi connectivity index (χ0n) is 12.5. The molecule has 2 fully saturated rings. The van der Waals surface area contributed by atoms with E-state index in [1.807, 2.05) is 0 Å². The van der Waals surface area contributed by atoms with E-state index >= 15 is 0 Å². The third-order valence-electron chi connectivity index (χ3n) is 5.30. The molecule has 1 nitrogen and oxygen atoms in total. The number of hydrogen-bond acceptors (Lipinski definition) is 1. The second-order valence-corrected chi connectivity index (χ2v) is 6.78. The van der Waals surface area contributed by atoms with Gasteiger partial charge in [0.1, 0.15) is 0 Å². The summed E-state index contributed by atoms with van der Waals surface area (Å²) in [6.07, 6.45) is 14.6. The molecule has 106 valence electrons. The van der Waals surface area contributed by atoms with Crippen LogP contribution in [0.5, 0.6) is 0 Å². The quantitative estimate of drug-likeness (QED) is 0.612. The highest BCUT2D eigenvalue weighted by atomic mass is 16.5. The Morgan fingerprint density at radius 1 is 0.833 bits per heavy atom. The molecule has 0 aromatic heterocycles. The summed E-state index contributed by atoms with van der Waals surface area (Å²) in [6, 6.07) is 0. The van der Waals surface area contributed by atoms with Gasteiger partial charge >= 0.3 is 0 Å². The predicted molar refractivity (Wildman–Crippen MR) is 77.7 cm³/mol. The van der Waals surface area contributed by atoms with E-state index < -0.39 is 0 Å². The summed E-state index contributed by atoms with van der Waals surface area (Å²) < 4.78 is 5.98. The van der Waals surface area contributed by atoms with Gasteiger partial charge in [0.2, 0.25) is 0 Å². The summed E-state index contributed by atoms with van der Waals surface area (Å²) in [5.74, 6) is 3.08. The van der Waals surface area contributed by atoms with Gasteiger partial charge in [-0.15, -0.1) is 0 Å². The number of hydrogen-bond donors (Lipinski definition) is 0. The van der Waals surface area contributed by atoms with Crippen LogP contribution in [-0.2, 0) is 4.74 Å². The Labute approximate surface area is 114 Å². The summed E-state index contributed by atoms with van der Waals surface area (Å²) in [5, 5.41) is 0. The Morgan fingerprint density at radius 3 is 1.94 bits per heavy atom. The van der Waals surface area contributed by atoms with Crippen LogP contribution in [-0.4, -0.2) is 12.7 Å². The molecule has 0 bridgehead atoms. The Balaban J connectivity index is 1.63. The maximum atomic E-state index is 5.98. The maximum Gasteiger partial charge on any atom is 0.0575 e. The lowest BCUT2D eigenvalue weighted by atomic mass is 9.71. The van der Waals surface area contributed by atoms with Gasteiger partial charge in [-0.2, -0.15) is 0 Å². The normalized spacial score (nSPS) is 37.7. The molecular weight excluding hydrogens is 220 g/mol. The van der Waals surface area contributed by atoms with Gasteiger partial charge in [-0.3, -0.25) is 0 Å². The fourth-order valence-corrected chi connectivity index (χ4v) is 3.88. The molecule has 2 saturated carbocycles. The SMILES string of the molecule is CCCCO[C@H]1CC[C@H]([C@H]2CC[C@H](C)CC2)CC1. The van der Waals surface area contributed by atoms with Crippen molar-refractivity contribution in [2.75, 3.05) is 6.61 Å². The molecule has 0 heterocycles. The lowest BCUT2D eigenvalue weighted by Crippen LogP contribution is -2.28. The zero-order chi connectivity index (χ0) is 12.8. The fraction of sp³-hybridized carbons (Fsp3) is 1.00. The first-order valence-corrected chi connectivity index (χ1v) is 8.41. The molecule has 0 radical (unpaired) electrons. The average molecular weight is 252 g/mol. The number of unbranched alkanes of at least 4 members (excludes halogenated alkanes) is 1. The van der Waals surface area contributed by atoms with Crippen LogP contribution in [0.1, 0.15) is 78.1 Å². The molecular formula is C17H32O. The molecule has 2 aliphatic rings. The molecule has 0 aromatic rings. The molecule has 0 atom stereocenters. The lowest BCUT2D eigenvalue weighted by Gasteiger charge is -2.37. The highest BCUT2D eigenvalue weighted by Gasteiger charge is 2.29. The summed E-state index contributed by atoms with van der Waals surface area (Å²) in [4.78, 5) is 0. The van der Waals surface area contributed by atoms with Crippen LogP contribution in [0.2, 0.25) is 0 Å². The van der Waals surface area contributed by atoms with Gasteiger partial charge < -0.3 is 4.74 Å². The van der Waals surface area contributed by atoms with Crippen LogP contribution in [0.4, 0.5) is 0 Å². The smallest absolute Gasteiger partial charge is 0.0575 e. The summed E-state index contributed by atoms with van der Waals surface area (Å²) in [5.41, 5.74) is 0. The van der Waals surface area contributed by atoms with E-state index in [1.165, 1.54) is 64.2 Å². The molecule has 0 saturated heterocycles. The highest BCUT2D eigenvalue weighted by Crippen LogP contribution is 2.40. The minimum Gasteiger partial charge on any atom is -0.378 e. The topological polar surface area (TPSA) is 9.23 Å². The number of rotatable bonds is 5. The van der Waals surface area contributed by atoms with E-state index in [-0.39, 0.29) is 0 Å². The van der Waals surface area contributed by atoms with Crippen molar-refractivity contribution in [3.8, 4) is 0 Å². The lowest BCUT2D eigenvalue weighted by molar-refractivity contribution is 0.00614. The molecule has 2 aliphatic carbocycles. The first-order valence-electron chi connectivity index (χ1n) is 8.41.